The molecule has 6 nitrogen and oxygen atoms in total. The Kier molecular flexibility index (Phi) is 18.5. The highest BCUT2D eigenvalue weighted by molar-refractivity contribution is 5.76. The van der Waals surface area contributed by atoms with Gasteiger partial charge in [-0.3, -0.25) is 9.59 Å². The van der Waals surface area contributed by atoms with E-state index in [1.165, 1.54) is 44.5 Å². The lowest BCUT2D eigenvalue weighted by atomic mass is 9.78. The summed E-state index contributed by atoms with van der Waals surface area (Å²) in [6.45, 7) is 37.5. The zero-order valence-electron chi connectivity index (χ0n) is 38.6. The average Bonchev–Trinajstić information content (AvgIpc) is 3.05. The second kappa shape index (κ2) is 21.3. The Morgan fingerprint density at radius 1 is 0.500 bits per heavy atom. The number of aryl methyl sites for hydroxylation is 2. The molecule has 0 aliphatic rings. The van der Waals surface area contributed by atoms with Crippen LogP contribution in [0.15, 0.2) is 47.6 Å². The number of nitrogens with one attached hydrogen (secondary N) is 2. The normalized spacial score (nSPS) is 12.2. The monoisotopic (exact) mass is 773 g/mol. The quantitative estimate of drug-likeness (QED) is 0.110. The van der Waals surface area contributed by atoms with Crippen LogP contribution in [0, 0.1) is 0 Å². The highest BCUT2D eigenvalue weighted by Gasteiger charge is 2.29. The molecule has 2 N–H and O–H groups in total. The highest BCUT2D eigenvalue weighted by atomic mass is 16.5. The number of hydrogen-bond donors (Lipinski definition) is 2. The van der Waals surface area contributed by atoms with Crippen LogP contribution in [0.4, 0.5) is 0 Å². The molecule has 6 heteroatoms. The van der Waals surface area contributed by atoms with Crippen molar-refractivity contribution in [2.75, 3.05) is 26.3 Å². The van der Waals surface area contributed by atoms with Gasteiger partial charge < -0.3 is 20.1 Å². The standard InChI is InChI=1S/C50H80N2O4/c1-35(2)25-29-55-45-39(47(5,6)7)31-37(32-40(45)48(8,9)10)21-23-43(53)51-27-19-17-18-20-28-52-44(54)24-22-38-33-41(49(11,12)13)46(56-30-26-36(3)4)42(34-38)50(14,15)16/h25-26,31-34H,17-24,27-30H2,1-16H3,(H,51,53)(H,52,54). The predicted molar refractivity (Wildman–Crippen MR) is 239 cm³/mol. The first kappa shape index (κ1) is 48.6. The second-order valence-corrected chi connectivity index (χ2v) is 20.3. The van der Waals surface area contributed by atoms with E-state index in [2.05, 4.69) is 158 Å². The van der Waals surface area contributed by atoms with Crippen LogP contribution in [0.25, 0.3) is 0 Å². The van der Waals surface area contributed by atoms with Crippen molar-refractivity contribution < 1.29 is 19.1 Å². The molecule has 56 heavy (non-hydrogen) atoms. The van der Waals surface area contributed by atoms with E-state index in [-0.39, 0.29) is 33.5 Å². The molecule has 2 rings (SSSR count). The largest absolute Gasteiger partial charge is 0.489 e. The molecule has 0 heterocycles. The summed E-state index contributed by atoms with van der Waals surface area (Å²) in [6.07, 6.45) is 10.4. The fourth-order valence-electron chi connectivity index (χ4n) is 6.54. The average molecular weight is 773 g/mol. The zero-order valence-corrected chi connectivity index (χ0v) is 38.6. The van der Waals surface area contributed by atoms with Gasteiger partial charge in [-0.1, -0.05) is 131 Å². The van der Waals surface area contributed by atoms with Crippen molar-refractivity contribution >= 4 is 11.8 Å². The van der Waals surface area contributed by atoms with E-state index in [4.69, 9.17) is 9.47 Å². The van der Waals surface area contributed by atoms with Gasteiger partial charge in [0.2, 0.25) is 11.8 Å². The number of unbranched alkanes of at least 4 members (excludes halogenated alkanes) is 3. The van der Waals surface area contributed by atoms with Crippen molar-refractivity contribution in [2.24, 2.45) is 0 Å². The van der Waals surface area contributed by atoms with Gasteiger partial charge in [0.15, 0.2) is 0 Å². The zero-order chi connectivity index (χ0) is 42.5. The van der Waals surface area contributed by atoms with Gasteiger partial charge in [-0.05, 0) is 98.3 Å². The minimum Gasteiger partial charge on any atom is -0.489 e. The van der Waals surface area contributed by atoms with Crippen molar-refractivity contribution in [1.29, 1.82) is 0 Å². The summed E-state index contributed by atoms with van der Waals surface area (Å²) >= 11 is 0. The lowest BCUT2D eigenvalue weighted by Crippen LogP contribution is -2.26. The van der Waals surface area contributed by atoms with E-state index in [0.29, 0.717) is 52.0 Å². The summed E-state index contributed by atoms with van der Waals surface area (Å²) in [5.41, 5.74) is 9.21. The van der Waals surface area contributed by atoms with Crippen LogP contribution in [-0.4, -0.2) is 38.1 Å². The smallest absolute Gasteiger partial charge is 0.220 e. The molecule has 0 saturated heterocycles. The Hall–Kier alpha value is -3.54. The molecule has 0 fully saturated rings. The summed E-state index contributed by atoms with van der Waals surface area (Å²) < 4.78 is 12.8. The van der Waals surface area contributed by atoms with Gasteiger partial charge in [0.25, 0.3) is 0 Å². The Labute approximate surface area is 343 Å². The SMILES string of the molecule is CC(C)=CCOc1c(C(C)(C)C)cc(CCC(=O)NCCCCCCNC(=O)CCc2cc(C(C)(C)C)c(OCC=C(C)C)c(C(C)(C)C)c2)cc1C(C)(C)C. The molecule has 0 radical (unpaired) electrons. The molecule has 314 valence electrons. The topological polar surface area (TPSA) is 76.7 Å². The molecule has 2 amide bonds. The number of benzene rings is 2. The van der Waals surface area contributed by atoms with Crippen molar-refractivity contribution in [3.05, 3.63) is 80.9 Å². The van der Waals surface area contributed by atoms with E-state index in [1.54, 1.807) is 0 Å². The second-order valence-electron chi connectivity index (χ2n) is 20.3. The van der Waals surface area contributed by atoms with Crippen molar-refractivity contribution in [3.8, 4) is 11.5 Å². The first-order valence-corrected chi connectivity index (χ1v) is 21.2. The van der Waals surface area contributed by atoms with Crippen molar-refractivity contribution in [1.82, 2.24) is 10.6 Å². The van der Waals surface area contributed by atoms with E-state index >= 15 is 0 Å². The third-order valence-corrected chi connectivity index (χ3v) is 10.00. The molecule has 0 saturated carbocycles. The van der Waals surface area contributed by atoms with Crippen molar-refractivity contribution in [3.63, 3.8) is 0 Å². The molecule has 0 atom stereocenters. The first-order valence-electron chi connectivity index (χ1n) is 21.2. The molecular weight excluding hydrogens is 693 g/mol. The van der Waals surface area contributed by atoms with E-state index in [9.17, 15) is 9.59 Å². The van der Waals surface area contributed by atoms with E-state index < -0.39 is 0 Å². The lowest BCUT2D eigenvalue weighted by Gasteiger charge is -2.30. The van der Waals surface area contributed by atoms with Gasteiger partial charge in [-0.2, -0.15) is 0 Å². The van der Waals surface area contributed by atoms with Gasteiger partial charge in [0.1, 0.15) is 24.7 Å². The molecule has 0 unspecified atom stereocenters. The van der Waals surface area contributed by atoms with Crippen LogP contribution in [0.3, 0.4) is 0 Å². The maximum absolute atomic E-state index is 12.8. The fraction of sp³-hybridized carbons (Fsp3) is 0.640. The number of carbonyl (C=O) groups is 2. The molecule has 0 aliphatic heterocycles. The molecule has 0 aliphatic carbocycles. The first-order chi connectivity index (χ1) is 25.8. The Balaban J connectivity index is 1.84. The van der Waals surface area contributed by atoms with Gasteiger partial charge >= 0.3 is 0 Å². The summed E-state index contributed by atoms with van der Waals surface area (Å²) in [5.74, 6) is 2.13. The molecule has 0 bridgehead atoms. The van der Waals surface area contributed by atoms with Gasteiger partial charge in [0, 0.05) is 48.2 Å². The lowest BCUT2D eigenvalue weighted by molar-refractivity contribution is -0.121. The summed E-state index contributed by atoms with van der Waals surface area (Å²) in [6, 6.07) is 8.97. The predicted octanol–water partition coefficient (Wildman–Crippen LogP) is 11.9. The maximum Gasteiger partial charge on any atom is 0.220 e. The highest BCUT2D eigenvalue weighted by Crippen LogP contribution is 2.42. The molecule has 0 aromatic heterocycles. The van der Waals surface area contributed by atoms with Crippen LogP contribution >= 0.6 is 0 Å². The molecular formula is C50H80N2O4. The third-order valence-electron chi connectivity index (χ3n) is 10.00. The Morgan fingerprint density at radius 3 is 1.04 bits per heavy atom. The summed E-state index contributed by atoms with van der Waals surface area (Å²) in [4.78, 5) is 25.7. The van der Waals surface area contributed by atoms with Crippen LogP contribution in [0.5, 0.6) is 11.5 Å². The van der Waals surface area contributed by atoms with Crippen LogP contribution in [-0.2, 0) is 44.1 Å². The van der Waals surface area contributed by atoms with Gasteiger partial charge in [0.05, 0.1) is 0 Å². The third kappa shape index (κ3) is 16.9. The fourth-order valence-corrected chi connectivity index (χ4v) is 6.54. The number of ether oxygens (including phenoxy) is 2. The Morgan fingerprint density at radius 2 is 0.786 bits per heavy atom. The summed E-state index contributed by atoms with van der Waals surface area (Å²) in [5, 5.41) is 6.26. The minimum absolute atomic E-state index is 0.0888. The number of rotatable bonds is 19. The maximum atomic E-state index is 12.8. The Bertz CT molecular complexity index is 1450. The number of carbonyl (C=O) groups excluding carboxylic acids is 2. The molecule has 2 aromatic rings. The van der Waals surface area contributed by atoms with Gasteiger partial charge in [-0.15, -0.1) is 0 Å². The van der Waals surface area contributed by atoms with E-state index in [0.717, 1.165) is 37.2 Å². The number of hydrogen-bond acceptors (Lipinski definition) is 4. The number of allylic oxidation sites excluding steroid dienone is 2. The van der Waals surface area contributed by atoms with Crippen molar-refractivity contribution in [2.45, 2.75) is 184 Å². The van der Waals surface area contributed by atoms with Crippen LogP contribution in [0.1, 0.15) is 183 Å². The van der Waals surface area contributed by atoms with Crippen LogP contribution in [0.2, 0.25) is 0 Å². The molecule has 0 spiro atoms. The van der Waals surface area contributed by atoms with Gasteiger partial charge in [-0.25, -0.2) is 0 Å². The van der Waals surface area contributed by atoms with E-state index in [1.807, 2.05) is 0 Å². The number of amides is 2. The molecule has 2 aromatic carbocycles. The summed E-state index contributed by atoms with van der Waals surface area (Å²) in [7, 11) is 0. The van der Waals surface area contributed by atoms with Crippen LogP contribution < -0.4 is 20.1 Å². The minimum atomic E-state index is -0.0947.